The van der Waals surface area contributed by atoms with E-state index in [0.29, 0.717) is 0 Å². The van der Waals surface area contributed by atoms with Crippen LogP contribution < -0.4 is 5.32 Å². The Balaban J connectivity index is 1.98. The van der Waals surface area contributed by atoms with Crippen molar-refractivity contribution in [2.45, 2.75) is 38.5 Å². The maximum atomic E-state index is 4.99. The lowest BCUT2D eigenvalue weighted by atomic mass is 10.0. The van der Waals surface area contributed by atoms with E-state index in [1.807, 2.05) is 0 Å². The summed E-state index contributed by atoms with van der Waals surface area (Å²) in [7, 11) is 1.76. The second-order valence-electron chi connectivity index (χ2n) is 4.05. The van der Waals surface area contributed by atoms with Crippen LogP contribution in [0.15, 0.2) is 0 Å². The SMILES string of the molecule is COCCNCC1CCCCCC1. The molecule has 0 amide bonds. The molecule has 0 saturated heterocycles. The molecule has 0 atom stereocenters. The summed E-state index contributed by atoms with van der Waals surface area (Å²) in [6, 6.07) is 0. The first kappa shape index (κ1) is 11.0. The third kappa shape index (κ3) is 5.27. The first-order valence-electron chi connectivity index (χ1n) is 5.63. The predicted octanol–water partition coefficient (Wildman–Crippen LogP) is 2.19. The van der Waals surface area contributed by atoms with Crippen LogP contribution in [0.2, 0.25) is 0 Å². The molecule has 0 aliphatic heterocycles. The van der Waals surface area contributed by atoms with E-state index in [1.165, 1.54) is 45.1 Å². The Hall–Kier alpha value is -0.0800. The van der Waals surface area contributed by atoms with Crippen molar-refractivity contribution in [1.29, 1.82) is 0 Å². The van der Waals surface area contributed by atoms with Crippen LogP contribution in [0, 0.1) is 5.92 Å². The number of rotatable bonds is 5. The average Bonchev–Trinajstić information content (AvgIpc) is 2.41. The normalized spacial score (nSPS) is 20.1. The van der Waals surface area contributed by atoms with Gasteiger partial charge in [0.05, 0.1) is 6.61 Å². The molecule has 13 heavy (non-hydrogen) atoms. The lowest BCUT2D eigenvalue weighted by Crippen LogP contribution is -2.25. The monoisotopic (exact) mass is 185 g/mol. The van der Waals surface area contributed by atoms with E-state index in [-0.39, 0.29) is 0 Å². The number of hydrogen-bond donors (Lipinski definition) is 1. The fraction of sp³-hybridized carbons (Fsp3) is 1.00. The molecule has 2 nitrogen and oxygen atoms in total. The highest BCUT2D eigenvalue weighted by atomic mass is 16.5. The molecular formula is C11H23NO. The van der Waals surface area contributed by atoms with Crippen molar-refractivity contribution in [1.82, 2.24) is 5.32 Å². The lowest BCUT2D eigenvalue weighted by Gasteiger charge is -2.14. The number of nitrogens with one attached hydrogen (secondary N) is 1. The van der Waals surface area contributed by atoms with Crippen LogP contribution in [0.25, 0.3) is 0 Å². The van der Waals surface area contributed by atoms with Crippen LogP contribution in [-0.2, 0) is 4.74 Å². The van der Waals surface area contributed by atoms with Crippen molar-refractivity contribution < 1.29 is 4.74 Å². The quantitative estimate of drug-likeness (QED) is 0.523. The van der Waals surface area contributed by atoms with Crippen molar-refractivity contribution in [3.05, 3.63) is 0 Å². The van der Waals surface area contributed by atoms with Crippen LogP contribution in [0.4, 0.5) is 0 Å². The predicted molar refractivity (Wildman–Crippen MR) is 55.9 cm³/mol. The van der Waals surface area contributed by atoms with Gasteiger partial charge in [-0.25, -0.2) is 0 Å². The Labute approximate surface area is 82.0 Å². The second-order valence-corrected chi connectivity index (χ2v) is 4.05. The van der Waals surface area contributed by atoms with Crippen molar-refractivity contribution >= 4 is 0 Å². The minimum absolute atomic E-state index is 0.840. The van der Waals surface area contributed by atoms with Gasteiger partial charge in [0.15, 0.2) is 0 Å². The zero-order valence-corrected chi connectivity index (χ0v) is 8.85. The van der Waals surface area contributed by atoms with Crippen LogP contribution in [-0.4, -0.2) is 26.8 Å². The van der Waals surface area contributed by atoms with Crippen molar-refractivity contribution in [2.75, 3.05) is 26.8 Å². The van der Waals surface area contributed by atoms with Gasteiger partial charge in [-0.2, -0.15) is 0 Å². The van der Waals surface area contributed by atoms with Crippen molar-refractivity contribution in [3.8, 4) is 0 Å². The Morgan fingerprint density at radius 2 is 1.85 bits per heavy atom. The number of hydrogen-bond acceptors (Lipinski definition) is 2. The van der Waals surface area contributed by atoms with Crippen LogP contribution in [0.1, 0.15) is 38.5 Å². The van der Waals surface area contributed by atoms with Gasteiger partial charge in [0.1, 0.15) is 0 Å². The molecule has 0 radical (unpaired) electrons. The van der Waals surface area contributed by atoms with Gasteiger partial charge in [-0.3, -0.25) is 0 Å². The van der Waals surface area contributed by atoms with E-state index < -0.39 is 0 Å². The van der Waals surface area contributed by atoms with E-state index in [0.717, 1.165) is 19.1 Å². The molecular weight excluding hydrogens is 162 g/mol. The van der Waals surface area contributed by atoms with Gasteiger partial charge in [-0.1, -0.05) is 25.7 Å². The van der Waals surface area contributed by atoms with E-state index in [4.69, 9.17) is 4.74 Å². The van der Waals surface area contributed by atoms with Crippen LogP contribution in [0.3, 0.4) is 0 Å². The molecule has 0 aromatic rings. The summed E-state index contributed by atoms with van der Waals surface area (Å²) in [5.74, 6) is 0.930. The van der Waals surface area contributed by atoms with E-state index in [1.54, 1.807) is 7.11 Å². The first-order chi connectivity index (χ1) is 6.43. The molecule has 1 N–H and O–H groups in total. The van der Waals surface area contributed by atoms with Gasteiger partial charge in [-0.15, -0.1) is 0 Å². The summed E-state index contributed by atoms with van der Waals surface area (Å²) in [6.07, 6.45) is 8.65. The molecule has 0 aromatic carbocycles. The summed E-state index contributed by atoms with van der Waals surface area (Å²) in [4.78, 5) is 0. The van der Waals surface area contributed by atoms with Gasteiger partial charge in [0.2, 0.25) is 0 Å². The van der Waals surface area contributed by atoms with Gasteiger partial charge in [0.25, 0.3) is 0 Å². The van der Waals surface area contributed by atoms with Gasteiger partial charge in [-0.05, 0) is 25.3 Å². The molecule has 1 aliphatic carbocycles. The Kier molecular flexibility index (Phi) is 6.21. The molecule has 1 aliphatic rings. The Bertz CT molecular complexity index is 109. The molecule has 78 valence electrons. The lowest BCUT2D eigenvalue weighted by molar-refractivity contribution is 0.197. The molecule has 0 spiro atoms. The van der Waals surface area contributed by atoms with Gasteiger partial charge >= 0.3 is 0 Å². The highest BCUT2D eigenvalue weighted by Crippen LogP contribution is 2.21. The topological polar surface area (TPSA) is 21.3 Å². The zero-order chi connectivity index (χ0) is 9.36. The highest BCUT2D eigenvalue weighted by Gasteiger charge is 2.10. The molecule has 0 unspecified atom stereocenters. The molecule has 0 bridgehead atoms. The van der Waals surface area contributed by atoms with Gasteiger partial charge in [0, 0.05) is 13.7 Å². The Morgan fingerprint density at radius 3 is 2.46 bits per heavy atom. The summed E-state index contributed by atoms with van der Waals surface area (Å²) < 4.78 is 4.99. The summed E-state index contributed by atoms with van der Waals surface area (Å²) in [6.45, 7) is 3.04. The summed E-state index contributed by atoms with van der Waals surface area (Å²) in [5.41, 5.74) is 0. The van der Waals surface area contributed by atoms with E-state index in [2.05, 4.69) is 5.32 Å². The first-order valence-corrected chi connectivity index (χ1v) is 5.63. The average molecular weight is 185 g/mol. The molecule has 0 aromatic heterocycles. The van der Waals surface area contributed by atoms with Gasteiger partial charge < -0.3 is 10.1 Å². The van der Waals surface area contributed by atoms with E-state index >= 15 is 0 Å². The standard InChI is InChI=1S/C11H23NO/c1-13-9-8-12-10-11-6-4-2-3-5-7-11/h11-12H,2-10H2,1H3. The van der Waals surface area contributed by atoms with E-state index in [9.17, 15) is 0 Å². The fourth-order valence-corrected chi connectivity index (χ4v) is 2.05. The third-order valence-electron chi connectivity index (χ3n) is 2.89. The smallest absolute Gasteiger partial charge is 0.0587 e. The summed E-state index contributed by atoms with van der Waals surface area (Å²) in [5, 5.41) is 3.46. The molecule has 1 fully saturated rings. The minimum Gasteiger partial charge on any atom is -0.383 e. The third-order valence-corrected chi connectivity index (χ3v) is 2.89. The van der Waals surface area contributed by atoms with Crippen LogP contribution in [0.5, 0.6) is 0 Å². The molecule has 1 saturated carbocycles. The maximum Gasteiger partial charge on any atom is 0.0587 e. The number of methoxy groups -OCH3 is 1. The zero-order valence-electron chi connectivity index (χ0n) is 8.85. The molecule has 0 heterocycles. The summed E-state index contributed by atoms with van der Waals surface area (Å²) >= 11 is 0. The fourth-order valence-electron chi connectivity index (χ4n) is 2.05. The molecule has 1 rings (SSSR count). The number of ether oxygens (including phenoxy) is 1. The largest absolute Gasteiger partial charge is 0.383 e. The molecule has 2 heteroatoms. The highest BCUT2D eigenvalue weighted by molar-refractivity contribution is 4.66. The second kappa shape index (κ2) is 7.34. The van der Waals surface area contributed by atoms with Crippen molar-refractivity contribution in [2.24, 2.45) is 5.92 Å². The minimum atomic E-state index is 0.840. The maximum absolute atomic E-state index is 4.99. The van der Waals surface area contributed by atoms with Crippen LogP contribution >= 0.6 is 0 Å². The Morgan fingerprint density at radius 1 is 1.15 bits per heavy atom. The van der Waals surface area contributed by atoms with Crippen molar-refractivity contribution in [3.63, 3.8) is 0 Å².